The Kier molecular flexibility index (Phi) is 36.0. The molecule has 128 heavy (non-hydrogen) atoms. The second kappa shape index (κ2) is 46.2. The molecule has 7 saturated carbocycles. The molecule has 19 rings (SSSR count). The third kappa shape index (κ3) is 31.5. The minimum absolute atomic E-state index is 0. The number of benzene rings is 6. The Hall–Kier alpha value is -10.4. The number of nitrogen functional groups attached to an aromatic ring is 1. The number of aromatic amines is 2. The number of epoxide rings is 1. The van der Waals surface area contributed by atoms with Gasteiger partial charge in [-0.2, -0.15) is 10.2 Å². The van der Waals surface area contributed by atoms with E-state index < -0.39 is 22.4 Å². The minimum Gasteiger partial charge on any atom is -0.461 e. The van der Waals surface area contributed by atoms with Gasteiger partial charge >= 0.3 is 23.9 Å². The molecule has 10 aliphatic rings. The SMILES string of the molecule is C=C1CC(CC(=O)OCc2ccccc2)C1.C=C1CC(N)C1.CC1(O)CC(CC(=O)OCc2ccccc2)C1.CC1(O)CC(CC(=O)OCc2ccccc2)C1.CC1(O)CC(N)C1.CC1(O)CC(NC2N=C(N)Nc3cc(-c4ccn[nH]4)ccc32)C1.Nc1nc2cc(-c3ccnn3C3CCCCO3)ccc2c(=O)[nH]1.O=C(CC1CC2(CO2)C1)OCc1ccccc1.[CH3-].[HH].[Pd]. The Labute approximate surface area is 765 Å². The standard InChI is InChI=1S/C16H20N6O.C16H17N5O2.C14H16O3.2C14H18O3.C14H16O2.C5H11NO.C5H9N.CH3.Pd.H2/c1-16(23)7-10(8-16)19-14-11-3-2-9(12-4-5-18-22-12)6-13(11)20-15(17)21-14;17-16-19-12-9-10(4-5-11(12)15(22)20-16)13-6-7-18-21(13)14-3-1-2-8-23-14;15-13(6-12-7-14(8-12)10-17-14)16-9-11-4-2-1-3-5-11;2*1-14(16)8-12(9-14)7-13(15)17-10-11-5-3-2-4-6-11;1-11-7-13(8-11)9-14(15)16-10-12-5-3-2-4-6-12;1-5(7)2-4(6)3-5;1-4-2-5(6)3-4;;;/h2-6,10,14,19,23H,7-8H2,1H3,(H,18,22)(H3,17,20,21);4-7,9,14H,1-3,8H2,(H3,17,19,20,22);1-5,12H,6-10H2;2*2-6,12,16H,7-10H2,1H3;2-6,13H,1,7-10H2;4,7H,2-3,6H2,1H3;5H,1-3,6H2;1H3;;1H/q;;;;;;;;-1;;. The molecular formula is C99H130N13O15Pd-. The Bertz CT molecular complexity index is 4960. The van der Waals surface area contributed by atoms with Crippen molar-refractivity contribution in [3.63, 3.8) is 0 Å². The van der Waals surface area contributed by atoms with Gasteiger partial charge in [0.05, 0.1) is 56.9 Å². The molecule has 2 saturated heterocycles. The van der Waals surface area contributed by atoms with E-state index in [9.17, 15) is 39.3 Å². The van der Waals surface area contributed by atoms with Crippen LogP contribution in [0.3, 0.4) is 0 Å². The zero-order chi connectivity index (χ0) is 89.6. The van der Waals surface area contributed by atoms with Crippen molar-refractivity contribution in [2.45, 2.75) is 247 Å². The van der Waals surface area contributed by atoms with Gasteiger partial charge < -0.3 is 84.5 Å². The van der Waals surface area contributed by atoms with Crippen molar-refractivity contribution in [1.29, 1.82) is 0 Å². The third-order valence-corrected chi connectivity index (χ3v) is 23.8. The Morgan fingerprint density at radius 1 is 0.562 bits per heavy atom. The van der Waals surface area contributed by atoms with Crippen LogP contribution in [0.15, 0.2) is 216 Å². The number of nitrogens with two attached hydrogens (primary N) is 4. The van der Waals surface area contributed by atoms with Crippen LogP contribution in [0.5, 0.6) is 0 Å². The van der Waals surface area contributed by atoms with E-state index >= 15 is 0 Å². The number of nitrogens with one attached hydrogen (secondary N) is 4. The summed E-state index contributed by atoms with van der Waals surface area (Å²) >= 11 is 0. The van der Waals surface area contributed by atoms with Gasteiger partial charge in [-0.3, -0.25) is 39.4 Å². The van der Waals surface area contributed by atoms with Crippen molar-refractivity contribution in [2.75, 3.05) is 24.3 Å². The fourth-order valence-electron chi connectivity index (χ4n) is 17.3. The summed E-state index contributed by atoms with van der Waals surface area (Å²) in [5.74, 6) is 1.49. The molecule has 16 N–H and O–H groups in total. The topological polar surface area (TPSA) is 441 Å². The van der Waals surface area contributed by atoms with Crippen molar-refractivity contribution in [2.24, 2.45) is 45.9 Å². The van der Waals surface area contributed by atoms with E-state index in [0.29, 0.717) is 113 Å². The summed E-state index contributed by atoms with van der Waals surface area (Å²) in [6.45, 7) is 18.0. The molecular weight excluding hydrogens is 1720 g/mol. The van der Waals surface area contributed by atoms with Crippen LogP contribution in [0.4, 0.5) is 11.6 Å². The number of allylic oxidation sites excluding steroid dienone is 1. The molecule has 0 radical (unpaired) electrons. The van der Waals surface area contributed by atoms with Gasteiger partial charge in [0.15, 0.2) is 12.2 Å². The number of aromatic nitrogens is 6. The Morgan fingerprint density at radius 3 is 1.42 bits per heavy atom. The molecule has 1 spiro atoms. The maximum atomic E-state index is 11.9. The number of fused-ring (bicyclic) bond motifs is 2. The fourth-order valence-corrected chi connectivity index (χ4v) is 17.3. The van der Waals surface area contributed by atoms with Crippen molar-refractivity contribution < 1.29 is 89.9 Å². The summed E-state index contributed by atoms with van der Waals surface area (Å²) in [4.78, 5) is 69.2. The summed E-state index contributed by atoms with van der Waals surface area (Å²) in [5, 5.41) is 56.4. The van der Waals surface area contributed by atoms with Crippen molar-refractivity contribution in [1.82, 2.24) is 35.3 Å². The first kappa shape index (κ1) is 99.8. The molecule has 9 aromatic rings. The number of guanidine groups is 1. The number of hydrogen-bond donors (Lipinski definition) is 12. The molecule has 0 bridgehead atoms. The van der Waals surface area contributed by atoms with Crippen LogP contribution >= 0.6 is 0 Å². The van der Waals surface area contributed by atoms with E-state index in [2.05, 4.69) is 54.0 Å². The maximum Gasteiger partial charge on any atom is 0.306 e. The average molecular weight is 1850 g/mol. The minimum atomic E-state index is -0.565. The van der Waals surface area contributed by atoms with Gasteiger partial charge in [0.2, 0.25) is 5.95 Å². The van der Waals surface area contributed by atoms with Gasteiger partial charge in [-0.25, -0.2) is 14.7 Å². The number of carbonyl (C=O) groups is 4. The second-order valence-corrected chi connectivity index (χ2v) is 36.5. The van der Waals surface area contributed by atoms with E-state index in [1.165, 1.54) is 11.1 Å². The van der Waals surface area contributed by atoms with Crippen LogP contribution in [0.2, 0.25) is 0 Å². The number of anilines is 2. The first-order valence-electron chi connectivity index (χ1n) is 43.8. The molecule has 6 heterocycles. The second-order valence-electron chi connectivity index (χ2n) is 36.5. The van der Waals surface area contributed by atoms with Crippen molar-refractivity contribution >= 4 is 52.4 Å². The smallest absolute Gasteiger partial charge is 0.306 e. The number of aliphatic imine (C=N–C) groups is 1. The molecule has 7 aliphatic carbocycles. The molecule has 692 valence electrons. The van der Waals surface area contributed by atoms with Crippen LogP contribution < -0.4 is 39.1 Å². The summed E-state index contributed by atoms with van der Waals surface area (Å²) < 4.78 is 33.8. The Morgan fingerprint density at radius 2 is 1.02 bits per heavy atom. The molecule has 28 nitrogen and oxygen atoms in total. The number of nitrogens with zero attached hydrogens (tertiary/aromatic N) is 5. The molecule has 2 atom stereocenters. The van der Waals surface area contributed by atoms with Crippen LogP contribution in [0.1, 0.15) is 204 Å². The average Bonchev–Trinajstić information content (AvgIpc) is 1.59. The zero-order valence-corrected chi connectivity index (χ0v) is 75.7. The first-order chi connectivity index (χ1) is 60.2. The monoisotopic (exact) mass is 1850 g/mol. The van der Waals surface area contributed by atoms with Gasteiger partial charge in [0, 0.05) is 107 Å². The largest absolute Gasteiger partial charge is 0.461 e. The Balaban J connectivity index is 0.000000170. The number of rotatable bonds is 21. The normalized spacial score (nSPS) is 25.6. The quantitative estimate of drug-likeness (QED) is 0.00794. The summed E-state index contributed by atoms with van der Waals surface area (Å²) in [7, 11) is 0. The molecule has 9 fully saturated rings. The van der Waals surface area contributed by atoms with Gasteiger partial charge in [0.25, 0.3) is 5.56 Å². The van der Waals surface area contributed by atoms with Gasteiger partial charge in [-0.15, -0.1) is 0 Å². The van der Waals surface area contributed by atoms with Crippen molar-refractivity contribution in [3.05, 3.63) is 252 Å². The van der Waals surface area contributed by atoms with E-state index in [0.717, 1.165) is 153 Å². The predicted molar refractivity (Wildman–Crippen MR) is 492 cm³/mol. The fraction of sp³-hybridized carbons (Fsp3) is 0.455. The van der Waals surface area contributed by atoms with Crippen LogP contribution in [0, 0.1) is 31.1 Å². The molecule has 0 amide bonds. The van der Waals surface area contributed by atoms with E-state index in [1.54, 1.807) is 32.3 Å². The number of hydrogen-bond acceptors (Lipinski definition) is 25. The zero-order valence-electron chi connectivity index (χ0n) is 74.2. The predicted octanol–water partition coefficient (Wildman–Crippen LogP) is 14.5. The molecule has 2 unspecified atom stereocenters. The summed E-state index contributed by atoms with van der Waals surface area (Å²) in [5.41, 5.74) is 33.3. The number of ether oxygens (including phenoxy) is 6. The van der Waals surface area contributed by atoms with E-state index in [1.807, 2.05) is 182 Å². The number of carbonyl (C=O) groups excluding carboxylic acids is 4. The van der Waals surface area contributed by atoms with E-state index in [4.69, 9.17) is 56.5 Å². The summed E-state index contributed by atoms with van der Waals surface area (Å²) in [6, 6.07) is 55.3. The summed E-state index contributed by atoms with van der Waals surface area (Å²) in [6.07, 6.45) is 20.3. The first-order valence-corrected chi connectivity index (χ1v) is 43.8. The van der Waals surface area contributed by atoms with Gasteiger partial charge in [0.1, 0.15) is 32.6 Å². The maximum absolute atomic E-state index is 11.9. The number of aliphatic hydroxyl groups is 4. The molecule has 3 aromatic heterocycles. The van der Waals surface area contributed by atoms with E-state index in [-0.39, 0.29) is 107 Å². The molecule has 29 heteroatoms. The number of esters is 4. The van der Waals surface area contributed by atoms with Crippen LogP contribution in [-0.4, -0.2) is 140 Å². The third-order valence-electron chi connectivity index (χ3n) is 23.8. The molecule has 6 aromatic carbocycles. The number of H-pyrrole nitrogens is 2. The van der Waals surface area contributed by atoms with Crippen LogP contribution in [0.25, 0.3) is 33.4 Å². The van der Waals surface area contributed by atoms with Gasteiger partial charge in [-0.1, -0.05) is 164 Å². The van der Waals surface area contributed by atoms with Crippen LogP contribution in [-0.2, 0) is 94.4 Å². The molecule has 3 aliphatic heterocycles. The van der Waals surface area contributed by atoms with Crippen molar-refractivity contribution in [3.8, 4) is 22.5 Å². The van der Waals surface area contributed by atoms with Gasteiger partial charge in [-0.05, 0) is 213 Å².